The molecular weight excluding hydrogens is 362 g/mol. The highest BCUT2D eigenvalue weighted by atomic mass is 16.2. The molecule has 0 fully saturated rings. The van der Waals surface area contributed by atoms with Crippen LogP contribution in [0.2, 0.25) is 0 Å². The van der Waals surface area contributed by atoms with Gasteiger partial charge < -0.3 is 20.4 Å². The molecule has 1 amide bonds. The van der Waals surface area contributed by atoms with Gasteiger partial charge in [-0.3, -0.25) is 9.79 Å². The monoisotopic (exact) mass is 401 g/mol. The Labute approximate surface area is 176 Å². The Kier molecular flexibility index (Phi) is 9.98. The van der Waals surface area contributed by atoms with Gasteiger partial charge in [-0.1, -0.05) is 38.1 Å². The van der Waals surface area contributed by atoms with Crippen LogP contribution >= 0.6 is 0 Å². The predicted molar refractivity (Wildman–Crippen MR) is 121 cm³/mol. The quantitative estimate of drug-likeness (QED) is 0.340. The second-order valence-electron chi connectivity index (χ2n) is 7.84. The van der Waals surface area contributed by atoms with Gasteiger partial charge in [-0.2, -0.15) is 0 Å². The van der Waals surface area contributed by atoms with E-state index in [0.717, 1.165) is 58.1 Å². The van der Waals surface area contributed by atoms with Crippen molar-refractivity contribution >= 4 is 11.9 Å². The van der Waals surface area contributed by atoms with Gasteiger partial charge in [0, 0.05) is 39.1 Å². The van der Waals surface area contributed by atoms with Gasteiger partial charge in [0.25, 0.3) is 0 Å². The molecule has 162 valence electrons. The molecule has 29 heavy (non-hydrogen) atoms. The lowest BCUT2D eigenvalue weighted by atomic mass is 10.1. The fourth-order valence-electron chi connectivity index (χ4n) is 3.78. The summed E-state index contributed by atoms with van der Waals surface area (Å²) in [6.45, 7) is 12.2. The van der Waals surface area contributed by atoms with Crippen LogP contribution in [0.25, 0.3) is 0 Å². The zero-order valence-electron chi connectivity index (χ0n) is 18.7. The van der Waals surface area contributed by atoms with E-state index >= 15 is 0 Å². The van der Waals surface area contributed by atoms with E-state index in [9.17, 15) is 4.79 Å². The molecule has 0 bridgehead atoms. The van der Waals surface area contributed by atoms with Crippen molar-refractivity contribution in [3.8, 4) is 0 Å². The third-order valence-electron chi connectivity index (χ3n) is 5.67. The fourth-order valence-corrected chi connectivity index (χ4v) is 3.78. The van der Waals surface area contributed by atoms with Gasteiger partial charge >= 0.3 is 0 Å². The number of guanidine groups is 1. The highest BCUT2D eigenvalue weighted by molar-refractivity contribution is 5.80. The van der Waals surface area contributed by atoms with Crippen molar-refractivity contribution in [2.75, 3.05) is 33.2 Å². The average Bonchev–Trinajstić information content (AvgIpc) is 3.17. The van der Waals surface area contributed by atoms with Crippen molar-refractivity contribution in [2.45, 2.75) is 65.6 Å². The van der Waals surface area contributed by atoms with Gasteiger partial charge in [0.05, 0.1) is 0 Å². The van der Waals surface area contributed by atoms with Gasteiger partial charge in [-0.05, 0) is 56.9 Å². The zero-order chi connectivity index (χ0) is 21.1. The van der Waals surface area contributed by atoms with Crippen LogP contribution in [0.5, 0.6) is 0 Å². The maximum atomic E-state index is 12.5. The number of hydrogen-bond donors (Lipinski definition) is 2. The summed E-state index contributed by atoms with van der Waals surface area (Å²) in [5, 5.41) is 6.80. The minimum atomic E-state index is 0.232. The largest absolute Gasteiger partial charge is 0.356 e. The lowest BCUT2D eigenvalue weighted by Gasteiger charge is -2.21. The van der Waals surface area contributed by atoms with Crippen LogP contribution in [0, 0.1) is 0 Å². The molecule has 6 nitrogen and oxygen atoms in total. The van der Waals surface area contributed by atoms with E-state index in [1.807, 2.05) is 17.0 Å². The minimum Gasteiger partial charge on any atom is -0.356 e. The van der Waals surface area contributed by atoms with Gasteiger partial charge in [0.2, 0.25) is 5.91 Å². The molecule has 0 saturated heterocycles. The first kappa shape index (κ1) is 23.2. The van der Waals surface area contributed by atoms with Gasteiger partial charge in [0.1, 0.15) is 0 Å². The average molecular weight is 402 g/mol. The van der Waals surface area contributed by atoms with E-state index in [0.29, 0.717) is 12.5 Å². The lowest BCUT2D eigenvalue weighted by Crippen LogP contribution is -2.43. The molecule has 6 heteroatoms. The zero-order valence-corrected chi connectivity index (χ0v) is 18.7. The molecule has 1 aliphatic heterocycles. The van der Waals surface area contributed by atoms with Crippen LogP contribution in [0.3, 0.4) is 0 Å². The molecule has 2 N–H and O–H groups in total. The van der Waals surface area contributed by atoms with Crippen molar-refractivity contribution in [3.63, 3.8) is 0 Å². The van der Waals surface area contributed by atoms with Crippen molar-refractivity contribution < 1.29 is 4.79 Å². The Morgan fingerprint density at radius 3 is 2.41 bits per heavy atom. The first-order valence-corrected chi connectivity index (χ1v) is 11.1. The van der Waals surface area contributed by atoms with E-state index in [2.05, 4.69) is 53.4 Å². The van der Waals surface area contributed by atoms with E-state index in [1.54, 1.807) is 7.05 Å². The number of nitrogens with zero attached hydrogens (tertiary/aromatic N) is 3. The number of amides is 1. The molecule has 0 saturated carbocycles. The number of hydrogen-bond acceptors (Lipinski definition) is 3. The highest BCUT2D eigenvalue weighted by Gasteiger charge is 2.22. The predicted octanol–water partition coefficient (Wildman–Crippen LogP) is 2.98. The van der Waals surface area contributed by atoms with Crippen molar-refractivity contribution in [1.82, 2.24) is 20.4 Å². The van der Waals surface area contributed by atoms with E-state index < -0.39 is 0 Å². The topological polar surface area (TPSA) is 60.0 Å². The van der Waals surface area contributed by atoms with Crippen LogP contribution in [0.1, 0.15) is 57.6 Å². The number of carbonyl (C=O) groups is 1. The molecule has 0 aromatic heterocycles. The van der Waals surface area contributed by atoms with Gasteiger partial charge in [-0.25, -0.2) is 0 Å². The van der Waals surface area contributed by atoms with Crippen LogP contribution in [0.4, 0.5) is 0 Å². The Balaban J connectivity index is 1.60. The number of nitrogens with one attached hydrogen (secondary N) is 2. The molecule has 1 heterocycles. The smallest absolute Gasteiger partial charge is 0.223 e. The van der Waals surface area contributed by atoms with Gasteiger partial charge in [-0.15, -0.1) is 0 Å². The first-order chi connectivity index (χ1) is 14.1. The second kappa shape index (κ2) is 12.5. The van der Waals surface area contributed by atoms with E-state index in [-0.39, 0.29) is 5.91 Å². The summed E-state index contributed by atoms with van der Waals surface area (Å²) in [6.07, 6.45) is 3.67. The van der Waals surface area contributed by atoms with Crippen molar-refractivity contribution in [2.24, 2.45) is 4.99 Å². The summed E-state index contributed by atoms with van der Waals surface area (Å²) in [5.74, 6) is 1.05. The molecule has 0 aliphatic carbocycles. The summed E-state index contributed by atoms with van der Waals surface area (Å²) in [5.41, 5.74) is 2.55. The minimum absolute atomic E-state index is 0.232. The number of rotatable bonds is 11. The maximum absolute atomic E-state index is 12.5. The molecular formula is C23H39N5O. The SMILES string of the molecule is CCN(CC)CCCC(C)NC(=NC)NCCCC(=O)N1Cc2ccccc2C1. The molecule has 1 unspecified atom stereocenters. The van der Waals surface area contributed by atoms with E-state index in [4.69, 9.17) is 0 Å². The summed E-state index contributed by atoms with van der Waals surface area (Å²) in [4.78, 5) is 21.2. The highest BCUT2D eigenvalue weighted by Crippen LogP contribution is 2.22. The summed E-state index contributed by atoms with van der Waals surface area (Å²) in [6, 6.07) is 8.69. The summed E-state index contributed by atoms with van der Waals surface area (Å²) < 4.78 is 0. The Morgan fingerprint density at radius 1 is 1.17 bits per heavy atom. The molecule has 1 atom stereocenters. The number of fused-ring (bicyclic) bond motifs is 1. The fraction of sp³-hybridized carbons (Fsp3) is 0.652. The van der Waals surface area contributed by atoms with Crippen molar-refractivity contribution in [3.05, 3.63) is 35.4 Å². The van der Waals surface area contributed by atoms with Crippen LogP contribution < -0.4 is 10.6 Å². The Bertz CT molecular complexity index is 631. The van der Waals surface area contributed by atoms with E-state index in [1.165, 1.54) is 17.5 Å². The number of benzene rings is 1. The van der Waals surface area contributed by atoms with Gasteiger partial charge in [0.15, 0.2) is 5.96 Å². The summed E-state index contributed by atoms with van der Waals surface area (Å²) >= 11 is 0. The Morgan fingerprint density at radius 2 is 1.83 bits per heavy atom. The normalized spacial score (nSPS) is 14.8. The number of carbonyl (C=O) groups excluding carboxylic acids is 1. The summed E-state index contributed by atoms with van der Waals surface area (Å²) in [7, 11) is 1.80. The molecule has 1 aromatic rings. The lowest BCUT2D eigenvalue weighted by molar-refractivity contribution is -0.131. The molecule has 1 aliphatic rings. The molecule has 2 rings (SSSR count). The van der Waals surface area contributed by atoms with Crippen LogP contribution in [-0.4, -0.2) is 60.9 Å². The van der Waals surface area contributed by atoms with Crippen LogP contribution in [-0.2, 0) is 17.9 Å². The number of aliphatic imine (C=N–C) groups is 1. The third-order valence-corrected chi connectivity index (χ3v) is 5.67. The second-order valence-corrected chi connectivity index (χ2v) is 7.84. The standard InChI is InChI=1S/C23H39N5O/c1-5-27(6-2)16-10-11-19(3)26-23(24-4)25-15-9-14-22(29)28-17-20-12-7-8-13-21(20)18-28/h7-8,12-13,19H,5-6,9-11,14-18H2,1-4H3,(H2,24,25,26). The molecule has 0 spiro atoms. The van der Waals surface area contributed by atoms with Crippen LogP contribution in [0.15, 0.2) is 29.3 Å². The Hall–Kier alpha value is -2.08. The van der Waals surface area contributed by atoms with Crippen molar-refractivity contribution in [1.29, 1.82) is 0 Å². The molecule has 1 aromatic carbocycles. The third kappa shape index (κ3) is 7.69. The maximum Gasteiger partial charge on any atom is 0.223 e. The molecule has 0 radical (unpaired) electrons. The first-order valence-electron chi connectivity index (χ1n) is 11.1.